The van der Waals surface area contributed by atoms with Gasteiger partial charge >= 0.3 is 5.97 Å². The van der Waals surface area contributed by atoms with E-state index >= 15 is 0 Å². The molecule has 18 heavy (non-hydrogen) atoms. The van der Waals surface area contributed by atoms with Gasteiger partial charge in [-0.3, -0.25) is 4.79 Å². The fourth-order valence-electron chi connectivity index (χ4n) is 1.79. The number of hydrogen-bond acceptors (Lipinski definition) is 3. The summed E-state index contributed by atoms with van der Waals surface area (Å²) in [6.45, 7) is 0.602. The highest BCUT2D eigenvalue weighted by atomic mass is 127. The number of carboxylic acid groups (broad SMARTS) is 1. The van der Waals surface area contributed by atoms with Crippen LogP contribution < -0.4 is 5.32 Å². The molecule has 1 aliphatic heterocycles. The van der Waals surface area contributed by atoms with Gasteiger partial charge in [-0.1, -0.05) is 0 Å². The molecule has 5 nitrogen and oxygen atoms in total. The average Bonchev–Trinajstić information content (AvgIpc) is 2.81. The normalized spacial score (nSPS) is 18.6. The minimum absolute atomic E-state index is 0.157. The molecule has 0 saturated carbocycles. The van der Waals surface area contributed by atoms with Crippen molar-refractivity contribution in [2.75, 3.05) is 11.9 Å². The Morgan fingerprint density at radius 3 is 2.78 bits per heavy atom. The van der Waals surface area contributed by atoms with Crippen molar-refractivity contribution in [2.45, 2.75) is 18.9 Å². The van der Waals surface area contributed by atoms with Crippen LogP contribution >= 0.6 is 22.6 Å². The van der Waals surface area contributed by atoms with Gasteiger partial charge in [-0.05, 0) is 53.6 Å². The van der Waals surface area contributed by atoms with Crippen LogP contribution in [0.15, 0.2) is 18.2 Å². The zero-order valence-corrected chi connectivity index (χ0v) is 11.6. The van der Waals surface area contributed by atoms with Gasteiger partial charge < -0.3 is 15.2 Å². The lowest BCUT2D eigenvalue weighted by Gasteiger charge is -2.11. The standard InChI is InChI=1S/C12H12INO4/c13-8-4-7(12(16)17)5-9(6-8)14-11(15)10-2-1-3-18-10/h4-6,10H,1-3H2,(H,14,15)(H,16,17)/t10-/m0/s1. The number of aromatic carboxylic acids is 1. The van der Waals surface area contributed by atoms with E-state index in [1.165, 1.54) is 6.07 Å². The molecule has 0 aliphatic carbocycles. The molecule has 0 unspecified atom stereocenters. The maximum Gasteiger partial charge on any atom is 0.335 e. The van der Waals surface area contributed by atoms with Gasteiger partial charge in [0.05, 0.1) is 5.56 Å². The molecular formula is C12H12INO4. The Labute approximate surface area is 118 Å². The van der Waals surface area contributed by atoms with E-state index in [-0.39, 0.29) is 11.5 Å². The summed E-state index contributed by atoms with van der Waals surface area (Å²) >= 11 is 2.01. The monoisotopic (exact) mass is 361 g/mol. The van der Waals surface area contributed by atoms with Crippen molar-refractivity contribution >= 4 is 40.2 Å². The molecule has 1 fully saturated rings. The SMILES string of the molecule is O=C(O)c1cc(I)cc(NC(=O)[C@@H]2CCCO2)c1. The van der Waals surface area contributed by atoms with Crippen LogP contribution in [0.1, 0.15) is 23.2 Å². The molecule has 96 valence electrons. The van der Waals surface area contributed by atoms with Crippen molar-refractivity contribution in [3.05, 3.63) is 27.3 Å². The van der Waals surface area contributed by atoms with Crippen LogP contribution in [0.5, 0.6) is 0 Å². The number of hydrogen-bond donors (Lipinski definition) is 2. The molecule has 1 aromatic rings. The average molecular weight is 361 g/mol. The van der Waals surface area contributed by atoms with E-state index in [2.05, 4.69) is 5.32 Å². The number of rotatable bonds is 3. The number of carbonyl (C=O) groups is 2. The van der Waals surface area contributed by atoms with E-state index in [0.29, 0.717) is 18.7 Å². The van der Waals surface area contributed by atoms with Gasteiger partial charge in [-0.15, -0.1) is 0 Å². The minimum Gasteiger partial charge on any atom is -0.478 e. The summed E-state index contributed by atoms with van der Waals surface area (Å²) in [6.07, 6.45) is 1.17. The van der Waals surface area contributed by atoms with E-state index in [1.54, 1.807) is 12.1 Å². The first-order valence-corrected chi connectivity index (χ1v) is 6.60. The van der Waals surface area contributed by atoms with Gasteiger partial charge in [0.1, 0.15) is 6.10 Å². The summed E-state index contributed by atoms with van der Waals surface area (Å²) in [4.78, 5) is 22.7. The first kappa shape index (κ1) is 13.3. The Kier molecular flexibility index (Phi) is 4.18. The molecule has 1 aromatic carbocycles. The van der Waals surface area contributed by atoms with Crippen LogP contribution in [0.3, 0.4) is 0 Å². The van der Waals surface area contributed by atoms with Gasteiger partial charge in [-0.25, -0.2) is 4.79 Å². The lowest BCUT2D eigenvalue weighted by atomic mass is 10.2. The van der Waals surface area contributed by atoms with Crippen LogP contribution in [0.25, 0.3) is 0 Å². The number of benzene rings is 1. The predicted octanol–water partition coefficient (Wildman–Crippen LogP) is 2.11. The number of carbonyl (C=O) groups excluding carboxylic acids is 1. The van der Waals surface area contributed by atoms with E-state index in [9.17, 15) is 9.59 Å². The smallest absolute Gasteiger partial charge is 0.335 e. The highest BCUT2D eigenvalue weighted by molar-refractivity contribution is 14.1. The highest BCUT2D eigenvalue weighted by Gasteiger charge is 2.23. The molecule has 1 heterocycles. The summed E-state index contributed by atoms with van der Waals surface area (Å²) in [5.41, 5.74) is 0.643. The molecule has 1 atom stereocenters. The van der Waals surface area contributed by atoms with Crippen molar-refractivity contribution < 1.29 is 19.4 Å². The van der Waals surface area contributed by atoms with Crippen molar-refractivity contribution in [1.82, 2.24) is 0 Å². The quantitative estimate of drug-likeness (QED) is 0.809. The summed E-state index contributed by atoms with van der Waals surface area (Å²) < 4.78 is 6.02. The third kappa shape index (κ3) is 3.20. The second-order valence-corrected chi connectivity index (χ2v) is 5.27. The summed E-state index contributed by atoms with van der Waals surface area (Å²) in [5.74, 6) is -1.23. The molecular weight excluding hydrogens is 349 g/mol. The lowest BCUT2D eigenvalue weighted by Crippen LogP contribution is -2.27. The molecule has 2 rings (SSSR count). The fourth-order valence-corrected chi connectivity index (χ4v) is 2.46. The zero-order valence-electron chi connectivity index (χ0n) is 9.48. The second-order valence-electron chi connectivity index (χ2n) is 4.02. The largest absolute Gasteiger partial charge is 0.478 e. The summed E-state index contributed by atoms with van der Waals surface area (Å²) in [5, 5.41) is 11.6. The third-order valence-corrected chi connectivity index (χ3v) is 3.26. The second kappa shape index (κ2) is 5.66. The van der Waals surface area contributed by atoms with Crippen molar-refractivity contribution in [2.24, 2.45) is 0 Å². The topological polar surface area (TPSA) is 75.6 Å². The molecule has 1 saturated heterocycles. The van der Waals surface area contributed by atoms with Crippen LogP contribution in [-0.2, 0) is 9.53 Å². The Morgan fingerprint density at radius 2 is 2.17 bits per heavy atom. The number of amides is 1. The zero-order chi connectivity index (χ0) is 13.1. The van der Waals surface area contributed by atoms with Gasteiger partial charge in [0.25, 0.3) is 5.91 Å². The Bertz CT molecular complexity index is 483. The Balaban J connectivity index is 2.13. The van der Waals surface area contributed by atoms with Crippen LogP contribution in [0.4, 0.5) is 5.69 Å². The van der Waals surface area contributed by atoms with Crippen molar-refractivity contribution in [3.63, 3.8) is 0 Å². The van der Waals surface area contributed by atoms with Gasteiger partial charge in [0.15, 0.2) is 0 Å². The molecule has 2 N–H and O–H groups in total. The van der Waals surface area contributed by atoms with E-state index in [0.717, 1.165) is 9.99 Å². The van der Waals surface area contributed by atoms with E-state index in [1.807, 2.05) is 22.6 Å². The maximum atomic E-state index is 11.8. The summed E-state index contributed by atoms with van der Waals surface area (Å²) in [6, 6.07) is 4.71. The molecule has 6 heteroatoms. The number of halogens is 1. The maximum absolute atomic E-state index is 11.8. The van der Waals surface area contributed by atoms with Gasteiger partial charge in [-0.2, -0.15) is 0 Å². The third-order valence-electron chi connectivity index (χ3n) is 2.63. The minimum atomic E-state index is -1.01. The lowest BCUT2D eigenvalue weighted by molar-refractivity contribution is -0.124. The molecule has 0 spiro atoms. The predicted molar refractivity (Wildman–Crippen MR) is 73.7 cm³/mol. The number of carboxylic acids is 1. The number of ether oxygens (including phenoxy) is 1. The number of anilines is 1. The van der Waals surface area contributed by atoms with Crippen LogP contribution in [-0.4, -0.2) is 29.7 Å². The van der Waals surface area contributed by atoms with Gasteiger partial charge in [0.2, 0.25) is 0 Å². The number of nitrogens with one attached hydrogen (secondary N) is 1. The van der Waals surface area contributed by atoms with Crippen LogP contribution in [0.2, 0.25) is 0 Å². The fraction of sp³-hybridized carbons (Fsp3) is 0.333. The summed E-state index contributed by atoms with van der Waals surface area (Å²) in [7, 11) is 0. The Hall–Kier alpha value is -1.15. The van der Waals surface area contributed by atoms with Gasteiger partial charge in [0, 0.05) is 15.9 Å². The first-order valence-electron chi connectivity index (χ1n) is 5.52. The molecule has 0 radical (unpaired) electrons. The molecule has 1 amide bonds. The molecule has 0 bridgehead atoms. The molecule has 0 aromatic heterocycles. The highest BCUT2D eigenvalue weighted by Crippen LogP contribution is 2.19. The molecule has 1 aliphatic rings. The Morgan fingerprint density at radius 1 is 1.39 bits per heavy atom. The van der Waals surface area contributed by atoms with Crippen molar-refractivity contribution in [3.8, 4) is 0 Å². The van der Waals surface area contributed by atoms with E-state index < -0.39 is 12.1 Å². The van der Waals surface area contributed by atoms with Crippen LogP contribution in [0, 0.1) is 3.57 Å². The first-order chi connectivity index (χ1) is 8.56. The van der Waals surface area contributed by atoms with Crippen molar-refractivity contribution in [1.29, 1.82) is 0 Å². The van der Waals surface area contributed by atoms with E-state index in [4.69, 9.17) is 9.84 Å².